The number of thioether (sulfide) groups is 2. The van der Waals surface area contributed by atoms with Gasteiger partial charge in [-0.25, -0.2) is 0 Å². The third-order valence-electron chi connectivity index (χ3n) is 3.35. The normalized spacial score (nSPS) is 19.8. The molecule has 3 rings (SSSR count). The van der Waals surface area contributed by atoms with E-state index in [0.717, 1.165) is 0 Å². The first kappa shape index (κ1) is 18.0. The fraction of sp³-hybridized carbons (Fsp3) is 0.133. The second-order valence-electron chi connectivity index (χ2n) is 5.01. The molecule has 2 aliphatic rings. The van der Waals surface area contributed by atoms with Gasteiger partial charge in [0, 0.05) is 0 Å². The average Bonchev–Trinajstić information content (AvgIpc) is 3.08. The van der Waals surface area contributed by atoms with Crippen LogP contribution in [0, 0.1) is 0 Å². The minimum atomic E-state index is -0.789. The largest absolute Gasteiger partial charge is 0.495 e. The maximum absolute atomic E-state index is 12.4. The van der Waals surface area contributed by atoms with Crippen LogP contribution in [0.3, 0.4) is 0 Å². The number of amides is 5. The van der Waals surface area contributed by atoms with Gasteiger partial charge in [-0.05, 0) is 35.7 Å². The highest BCUT2D eigenvalue weighted by Crippen LogP contribution is 2.39. The van der Waals surface area contributed by atoms with Crippen LogP contribution >= 0.6 is 23.5 Å². The van der Waals surface area contributed by atoms with Crippen molar-refractivity contribution in [2.45, 2.75) is 0 Å². The maximum Gasteiger partial charge on any atom is 0.294 e. The molecule has 9 nitrogen and oxygen atoms in total. The van der Waals surface area contributed by atoms with Gasteiger partial charge < -0.3 is 10.1 Å². The van der Waals surface area contributed by atoms with Gasteiger partial charge in [0.2, 0.25) is 5.91 Å². The van der Waals surface area contributed by atoms with Crippen LogP contribution in [0.15, 0.2) is 34.1 Å². The Hall–Kier alpha value is -2.79. The van der Waals surface area contributed by atoms with Crippen LogP contribution in [0.2, 0.25) is 0 Å². The van der Waals surface area contributed by atoms with E-state index in [1.165, 1.54) is 7.11 Å². The lowest BCUT2D eigenvalue weighted by Gasteiger charge is -2.14. The minimum Gasteiger partial charge on any atom is -0.495 e. The van der Waals surface area contributed by atoms with Gasteiger partial charge in [0.1, 0.15) is 22.1 Å². The molecule has 1 aromatic carbocycles. The standard InChI is InChI=1S/C15H11N3O6S2/c1-24-8-5-3-2-4-7(8)16-9(19)6-18-13(21)11(26-15(18)23)10-12(20)17-14(22)25-10/h2-5H,6H2,1H3,(H,16,19)(H,17,20,22)/b11-10+. The van der Waals surface area contributed by atoms with Crippen molar-refractivity contribution in [2.75, 3.05) is 19.0 Å². The number of ether oxygens (including phenoxy) is 1. The quantitative estimate of drug-likeness (QED) is 0.739. The predicted octanol–water partition coefficient (Wildman–Crippen LogP) is 1.52. The van der Waals surface area contributed by atoms with Gasteiger partial charge in [-0.2, -0.15) is 0 Å². The molecule has 26 heavy (non-hydrogen) atoms. The summed E-state index contributed by atoms with van der Waals surface area (Å²) in [5.41, 5.74) is 0.390. The van der Waals surface area contributed by atoms with E-state index in [4.69, 9.17) is 4.74 Å². The van der Waals surface area contributed by atoms with Gasteiger partial charge in [-0.15, -0.1) is 0 Å². The lowest BCUT2D eigenvalue weighted by molar-refractivity contribution is -0.127. The van der Waals surface area contributed by atoms with Gasteiger partial charge in [0.05, 0.1) is 12.8 Å². The zero-order chi connectivity index (χ0) is 18.8. The summed E-state index contributed by atoms with van der Waals surface area (Å²) in [4.78, 5) is 60.0. The lowest BCUT2D eigenvalue weighted by Crippen LogP contribution is -2.36. The molecule has 2 heterocycles. The number of carbonyl (C=O) groups excluding carboxylic acids is 5. The summed E-state index contributed by atoms with van der Waals surface area (Å²) in [6, 6.07) is 6.67. The van der Waals surface area contributed by atoms with Crippen molar-refractivity contribution in [3.8, 4) is 5.75 Å². The van der Waals surface area contributed by atoms with E-state index < -0.39 is 34.7 Å². The third-order valence-corrected chi connectivity index (χ3v) is 5.34. The smallest absolute Gasteiger partial charge is 0.294 e. The van der Waals surface area contributed by atoms with E-state index in [1.54, 1.807) is 24.3 Å². The molecule has 2 fully saturated rings. The maximum atomic E-state index is 12.4. The fourth-order valence-electron chi connectivity index (χ4n) is 2.22. The van der Waals surface area contributed by atoms with Gasteiger partial charge in [0.15, 0.2) is 0 Å². The van der Waals surface area contributed by atoms with E-state index in [9.17, 15) is 24.0 Å². The predicted molar refractivity (Wildman–Crippen MR) is 94.5 cm³/mol. The number of rotatable bonds is 4. The van der Waals surface area contributed by atoms with E-state index in [1.807, 2.05) is 5.32 Å². The topological polar surface area (TPSA) is 122 Å². The van der Waals surface area contributed by atoms with Crippen LogP contribution in [0.1, 0.15) is 0 Å². The Morgan fingerprint density at radius 3 is 2.54 bits per heavy atom. The first-order valence-corrected chi connectivity index (χ1v) is 8.78. The summed E-state index contributed by atoms with van der Waals surface area (Å²) in [6.45, 7) is -0.528. The molecule has 11 heteroatoms. The number of anilines is 1. The molecule has 0 spiro atoms. The van der Waals surface area contributed by atoms with E-state index in [-0.39, 0.29) is 9.81 Å². The Bertz CT molecular complexity index is 882. The van der Waals surface area contributed by atoms with Crippen molar-refractivity contribution in [2.24, 2.45) is 0 Å². The van der Waals surface area contributed by atoms with Crippen molar-refractivity contribution in [3.05, 3.63) is 34.1 Å². The Morgan fingerprint density at radius 1 is 1.15 bits per heavy atom. The van der Waals surface area contributed by atoms with Gasteiger partial charge in [-0.3, -0.25) is 34.2 Å². The molecule has 2 aliphatic heterocycles. The van der Waals surface area contributed by atoms with E-state index in [2.05, 4.69) is 5.32 Å². The highest BCUT2D eigenvalue weighted by atomic mass is 32.2. The Morgan fingerprint density at radius 2 is 1.88 bits per heavy atom. The number of hydrogen-bond acceptors (Lipinski definition) is 8. The molecular formula is C15H11N3O6S2. The van der Waals surface area contributed by atoms with Crippen LogP contribution in [0.25, 0.3) is 0 Å². The molecular weight excluding hydrogens is 382 g/mol. The zero-order valence-electron chi connectivity index (χ0n) is 13.2. The first-order chi connectivity index (χ1) is 12.4. The second kappa shape index (κ2) is 7.22. The van der Waals surface area contributed by atoms with Gasteiger partial charge >= 0.3 is 0 Å². The summed E-state index contributed by atoms with van der Waals surface area (Å²) in [6.07, 6.45) is 0. The van der Waals surface area contributed by atoms with Gasteiger partial charge in [-0.1, -0.05) is 12.1 Å². The van der Waals surface area contributed by atoms with Crippen molar-refractivity contribution in [1.82, 2.24) is 10.2 Å². The molecule has 0 aromatic heterocycles. The van der Waals surface area contributed by atoms with Crippen LogP contribution in [-0.2, 0) is 14.4 Å². The van der Waals surface area contributed by atoms with Crippen LogP contribution in [0.4, 0.5) is 15.3 Å². The summed E-state index contributed by atoms with van der Waals surface area (Å²) < 4.78 is 5.11. The van der Waals surface area contributed by atoms with Crippen LogP contribution < -0.4 is 15.4 Å². The van der Waals surface area contributed by atoms with Crippen molar-refractivity contribution >= 4 is 57.4 Å². The number of benzene rings is 1. The Kier molecular flexibility index (Phi) is 5.00. The summed E-state index contributed by atoms with van der Waals surface area (Å²) >= 11 is 1.07. The molecule has 5 amide bonds. The monoisotopic (exact) mass is 393 g/mol. The van der Waals surface area contributed by atoms with E-state index >= 15 is 0 Å². The molecule has 1 aromatic rings. The summed E-state index contributed by atoms with van der Waals surface area (Å²) in [5.74, 6) is -1.70. The second-order valence-corrected chi connectivity index (χ2v) is 6.95. The minimum absolute atomic E-state index is 0.133. The van der Waals surface area contributed by atoms with Crippen molar-refractivity contribution in [3.63, 3.8) is 0 Å². The fourth-order valence-corrected chi connectivity index (χ4v) is 3.93. The van der Waals surface area contributed by atoms with Crippen LogP contribution in [-0.4, -0.2) is 46.8 Å². The third kappa shape index (κ3) is 3.44. The number of para-hydroxylation sites is 2. The number of nitrogens with one attached hydrogen (secondary N) is 2. The summed E-state index contributed by atoms with van der Waals surface area (Å²) in [5, 5.41) is 3.26. The zero-order valence-corrected chi connectivity index (χ0v) is 14.9. The molecule has 134 valence electrons. The molecule has 0 radical (unpaired) electrons. The molecule has 0 unspecified atom stereocenters. The molecule has 0 bridgehead atoms. The van der Waals surface area contributed by atoms with Crippen molar-refractivity contribution in [1.29, 1.82) is 0 Å². The molecule has 2 N–H and O–H groups in total. The number of nitrogens with zero attached hydrogens (tertiary/aromatic N) is 1. The van der Waals surface area contributed by atoms with E-state index in [0.29, 0.717) is 39.9 Å². The summed E-state index contributed by atoms with van der Waals surface area (Å²) in [7, 11) is 1.44. The van der Waals surface area contributed by atoms with Gasteiger partial charge in [0.25, 0.3) is 22.3 Å². The Balaban J connectivity index is 1.74. The highest BCUT2D eigenvalue weighted by molar-refractivity contribution is 8.22. The number of methoxy groups -OCH3 is 1. The highest BCUT2D eigenvalue weighted by Gasteiger charge is 2.42. The SMILES string of the molecule is COc1ccccc1NC(=O)CN1C(=O)S/C(=C2/SC(=O)NC2=O)C1=O. The van der Waals surface area contributed by atoms with Crippen molar-refractivity contribution < 1.29 is 28.7 Å². The first-order valence-electron chi connectivity index (χ1n) is 7.14. The molecule has 2 saturated heterocycles. The molecule has 0 aliphatic carbocycles. The number of carbonyl (C=O) groups is 5. The number of hydrogen-bond donors (Lipinski definition) is 2. The average molecular weight is 393 g/mol. The lowest BCUT2D eigenvalue weighted by atomic mass is 10.3. The number of imide groups is 2. The van der Waals surface area contributed by atoms with Crippen LogP contribution in [0.5, 0.6) is 5.75 Å². The molecule has 0 atom stereocenters. The molecule has 0 saturated carbocycles. The Labute approximate surface area is 155 Å².